The Hall–Kier alpha value is -1.15. The molecule has 0 aliphatic carbocycles. The van der Waals surface area contributed by atoms with E-state index in [0.29, 0.717) is 0 Å². The van der Waals surface area contributed by atoms with E-state index in [1.165, 1.54) is 5.56 Å². The highest BCUT2D eigenvalue weighted by atomic mass is 127. The lowest BCUT2D eigenvalue weighted by Crippen LogP contribution is -2.39. The van der Waals surface area contributed by atoms with Gasteiger partial charge in [0, 0.05) is 26.0 Å². The van der Waals surface area contributed by atoms with Crippen molar-refractivity contribution in [3.63, 3.8) is 0 Å². The number of halogens is 1. The molecule has 2 aromatic rings. The molecule has 126 valence electrons. The minimum atomic E-state index is 0. The molecule has 0 fully saturated rings. The highest BCUT2D eigenvalue weighted by Crippen LogP contribution is 2.09. The van der Waals surface area contributed by atoms with E-state index in [9.17, 15) is 0 Å². The molecule has 23 heavy (non-hydrogen) atoms. The summed E-state index contributed by atoms with van der Waals surface area (Å²) in [5.41, 5.74) is 2.47. The molecule has 0 saturated carbocycles. The van der Waals surface area contributed by atoms with Gasteiger partial charge in [-0.2, -0.15) is 0 Å². The Morgan fingerprint density at radius 2 is 2.04 bits per heavy atom. The van der Waals surface area contributed by atoms with Gasteiger partial charge in [-0.3, -0.25) is 4.99 Å². The van der Waals surface area contributed by atoms with Gasteiger partial charge in [-0.15, -0.1) is 35.3 Å². The van der Waals surface area contributed by atoms with Crippen LogP contribution in [0.15, 0.2) is 40.7 Å². The molecule has 0 amide bonds. The molecule has 1 aromatic carbocycles. The Morgan fingerprint density at radius 1 is 1.30 bits per heavy atom. The van der Waals surface area contributed by atoms with E-state index in [0.717, 1.165) is 42.6 Å². The highest BCUT2D eigenvalue weighted by Gasteiger charge is 2.08. The zero-order valence-corrected chi connectivity index (χ0v) is 17.1. The molecule has 0 unspecified atom stereocenters. The predicted octanol–water partition coefficient (Wildman–Crippen LogP) is 3.71. The maximum Gasteiger partial charge on any atom is 0.193 e. The minimum absolute atomic E-state index is 0. The zero-order valence-electron chi connectivity index (χ0n) is 14.0. The Kier molecular flexibility index (Phi) is 9.16. The van der Waals surface area contributed by atoms with Crippen LogP contribution in [0.1, 0.15) is 22.7 Å². The SMILES string of the molecule is CN=C(NCCCc1ccccc1)N(C)Cc1csc(C)n1.I. The smallest absolute Gasteiger partial charge is 0.193 e. The van der Waals surface area contributed by atoms with Crippen molar-refractivity contribution in [3.8, 4) is 0 Å². The fourth-order valence-electron chi connectivity index (χ4n) is 2.32. The van der Waals surface area contributed by atoms with Crippen molar-refractivity contribution < 1.29 is 0 Å². The largest absolute Gasteiger partial charge is 0.356 e. The maximum atomic E-state index is 4.50. The summed E-state index contributed by atoms with van der Waals surface area (Å²) in [6.07, 6.45) is 2.17. The molecule has 1 heterocycles. The number of benzene rings is 1. The van der Waals surface area contributed by atoms with E-state index in [2.05, 4.69) is 55.9 Å². The van der Waals surface area contributed by atoms with Crippen LogP contribution in [0.25, 0.3) is 0 Å². The lowest BCUT2D eigenvalue weighted by Gasteiger charge is -2.21. The van der Waals surface area contributed by atoms with Crippen molar-refractivity contribution in [3.05, 3.63) is 52.0 Å². The van der Waals surface area contributed by atoms with E-state index in [-0.39, 0.29) is 24.0 Å². The molecule has 1 N–H and O–H groups in total. The van der Waals surface area contributed by atoms with Gasteiger partial charge in [0.25, 0.3) is 0 Å². The molecule has 2 rings (SSSR count). The highest BCUT2D eigenvalue weighted by molar-refractivity contribution is 14.0. The topological polar surface area (TPSA) is 40.5 Å². The van der Waals surface area contributed by atoms with Crippen molar-refractivity contribution in [2.45, 2.75) is 26.3 Å². The van der Waals surface area contributed by atoms with Gasteiger partial charge in [0.1, 0.15) is 0 Å². The maximum absolute atomic E-state index is 4.50. The Balaban J connectivity index is 0.00000264. The molecular weight excluding hydrogens is 419 g/mol. The van der Waals surface area contributed by atoms with Crippen molar-refractivity contribution in [1.29, 1.82) is 0 Å². The molecule has 0 atom stereocenters. The predicted molar refractivity (Wildman–Crippen MR) is 110 cm³/mol. The Labute approximate surface area is 160 Å². The molecule has 0 radical (unpaired) electrons. The van der Waals surface area contributed by atoms with Gasteiger partial charge in [0.2, 0.25) is 0 Å². The average Bonchev–Trinajstić information content (AvgIpc) is 2.93. The minimum Gasteiger partial charge on any atom is -0.356 e. The average molecular weight is 444 g/mol. The van der Waals surface area contributed by atoms with Gasteiger partial charge in [-0.1, -0.05) is 30.3 Å². The van der Waals surface area contributed by atoms with Crippen molar-refractivity contribution in [2.24, 2.45) is 4.99 Å². The van der Waals surface area contributed by atoms with Gasteiger partial charge >= 0.3 is 0 Å². The summed E-state index contributed by atoms with van der Waals surface area (Å²) in [5.74, 6) is 0.915. The van der Waals surface area contributed by atoms with Crippen LogP contribution in [0.5, 0.6) is 0 Å². The first-order valence-corrected chi connectivity index (χ1v) is 8.43. The molecule has 0 aliphatic heterocycles. The molecule has 6 heteroatoms. The number of hydrogen-bond acceptors (Lipinski definition) is 3. The van der Waals surface area contributed by atoms with Crippen LogP contribution in [0.2, 0.25) is 0 Å². The first-order chi connectivity index (χ1) is 10.7. The van der Waals surface area contributed by atoms with Gasteiger partial charge in [-0.05, 0) is 25.3 Å². The zero-order chi connectivity index (χ0) is 15.8. The van der Waals surface area contributed by atoms with E-state index in [1.807, 2.05) is 21.0 Å². The third kappa shape index (κ3) is 6.87. The summed E-state index contributed by atoms with van der Waals surface area (Å²) in [7, 11) is 3.86. The van der Waals surface area contributed by atoms with E-state index in [1.54, 1.807) is 11.3 Å². The van der Waals surface area contributed by atoms with Crippen LogP contribution in [-0.2, 0) is 13.0 Å². The number of aryl methyl sites for hydroxylation is 2. The third-order valence-electron chi connectivity index (χ3n) is 3.41. The summed E-state index contributed by atoms with van der Waals surface area (Å²) in [4.78, 5) is 10.9. The molecular formula is C17H25IN4S. The van der Waals surface area contributed by atoms with Crippen LogP contribution < -0.4 is 5.32 Å². The summed E-state index contributed by atoms with van der Waals surface area (Å²) in [5, 5.41) is 6.63. The van der Waals surface area contributed by atoms with E-state index < -0.39 is 0 Å². The van der Waals surface area contributed by atoms with Crippen LogP contribution >= 0.6 is 35.3 Å². The number of guanidine groups is 1. The number of aromatic nitrogens is 1. The second kappa shape index (κ2) is 10.6. The number of nitrogens with zero attached hydrogens (tertiary/aromatic N) is 3. The molecule has 0 bridgehead atoms. The van der Waals surface area contributed by atoms with Gasteiger partial charge in [0.05, 0.1) is 17.2 Å². The Bertz CT molecular complexity index is 598. The summed E-state index contributed by atoms with van der Waals surface area (Å²) < 4.78 is 0. The van der Waals surface area contributed by atoms with Crippen molar-refractivity contribution in [2.75, 3.05) is 20.6 Å². The van der Waals surface area contributed by atoms with Gasteiger partial charge < -0.3 is 10.2 Å². The monoisotopic (exact) mass is 444 g/mol. The number of hydrogen-bond donors (Lipinski definition) is 1. The molecule has 1 aromatic heterocycles. The quantitative estimate of drug-likeness (QED) is 0.320. The number of aliphatic imine (C=N–C) groups is 1. The lowest BCUT2D eigenvalue weighted by atomic mass is 10.1. The fraction of sp³-hybridized carbons (Fsp3) is 0.412. The van der Waals surface area contributed by atoms with E-state index >= 15 is 0 Å². The van der Waals surface area contributed by atoms with Crippen molar-refractivity contribution >= 4 is 41.3 Å². The van der Waals surface area contributed by atoms with Gasteiger partial charge in [-0.25, -0.2) is 4.98 Å². The first kappa shape index (κ1) is 19.9. The summed E-state index contributed by atoms with van der Waals surface area (Å²) >= 11 is 1.69. The lowest BCUT2D eigenvalue weighted by molar-refractivity contribution is 0.470. The van der Waals surface area contributed by atoms with Crippen LogP contribution in [-0.4, -0.2) is 36.5 Å². The second-order valence-corrected chi connectivity index (χ2v) is 6.34. The molecule has 4 nitrogen and oxygen atoms in total. The molecule has 0 saturated heterocycles. The number of thiazole rings is 1. The van der Waals surface area contributed by atoms with Crippen LogP contribution in [0.4, 0.5) is 0 Å². The Morgan fingerprint density at radius 3 is 2.65 bits per heavy atom. The van der Waals surface area contributed by atoms with Crippen LogP contribution in [0.3, 0.4) is 0 Å². The summed E-state index contributed by atoms with van der Waals surface area (Å²) in [6.45, 7) is 3.73. The standard InChI is InChI=1S/C17H24N4S.HI/c1-14-20-16(13-22-14)12-21(3)17(18-2)19-11-7-10-15-8-5-4-6-9-15;/h4-6,8-9,13H,7,10-12H2,1-3H3,(H,18,19);1H. The fourth-order valence-corrected chi connectivity index (χ4v) is 2.92. The first-order valence-electron chi connectivity index (χ1n) is 7.55. The van der Waals surface area contributed by atoms with Crippen molar-refractivity contribution in [1.82, 2.24) is 15.2 Å². The number of nitrogens with one attached hydrogen (secondary N) is 1. The van der Waals surface area contributed by atoms with Crippen LogP contribution in [0, 0.1) is 6.92 Å². The summed E-state index contributed by atoms with van der Waals surface area (Å²) in [6, 6.07) is 10.6. The van der Waals surface area contributed by atoms with E-state index in [4.69, 9.17) is 0 Å². The number of rotatable bonds is 6. The third-order valence-corrected chi connectivity index (χ3v) is 4.23. The molecule has 0 spiro atoms. The normalized spacial score (nSPS) is 11.0. The molecule has 0 aliphatic rings. The second-order valence-electron chi connectivity index (χ2n) is 5.28. The van der Waals surface area contributed by atoms with Gasteiger partial charge in [0.15, 0.2) is 5.96 Å².